The molecule has 28 heavy (non-hydrogen) atoms. The molecular formula is C22H23FN4O. The minimum atomic E-state index is -0.353. The van der Waals surface area contributed by atoms with E-state index >= 15 is 0 Å². The molecule has 0 bridgehead atoms. The first-order valence-corrected chi connectivity index (χ1v) is 9.42. The van der Waals surface area contributed by atoms with Crippen LogP contribution in [-0.2, 0) is 0 Å². The minimum absolute atomic E-state index is 0.127. The Morgan fingerprint density at radius 1 is 1.07 bits per heavy atom. The molecule has 0 radical (unpaired) electrons. The number of benzene rings is 1. The van der Waals surface area contributed by atoms with E-state index in [1.165, 1.54) is 24.3 Å². The molecule has 1 fully saturated rings. The van der Waals surface area contributed by atoms with E-state index < -0.39 is 0 Å². The summed E-state index contributed by atoms with van der Waals surface area (Å²) >= 11 is 0. The van der Waals surface area contributed by atoms with Crippen LogP contribution in [0.3, 0.4) is 0 Å². The summed E-state index contributed by atoms with van der Waals surface area (Å²) in [5.41, 5.74) is 3.80. The van der Waals surface area contributed by atoms with E-state index in [4.69, 9.17) is 0 Å². The number of likely N-dealkylation sites (N-methyl/N-ethyl adjacent to an activating group) is 1. The van der Waals surface area contributed by atoms with Gasteiger partial charge < -0.3 is 9.30 Å². The largest absolute Gasteiger partial charge is 0.313 e. The van der Waals surface area contributed by atoms with Crippen LogP contribution in [0.4, 0.5) is 4.39 Å². The van der Waals surface area contributed by atoms with Gasteiger partial charge in [-0.15, -0.1) is 0 Å². The summed E-state index contributed by atoms with van der Waals surface area (Å²) < 4.78 is 15.1. The van der Waals surface area contributed by atoms with Gasteiger partial charge in [-0.05, 0) is 55.9 Å². The highest BCUT2D eigenvalue weighted by Gasteiger charge is 2.21. The molecule has 3 heterocycles. The molecular weight excluding hydrogens is 355 g/mol. The number of pyridine rings is 1. The number of aromatic nitrogens is 1. The third-order valence-electron chi connectivity index (χ3n) is 5.29. The number of fused-ring (bicyclic) bond motifs is 1. The second-order valence-corrected chi connectivity index (χ2v) is 7.18. The van der Waals surface area contributed by atoms with Crippen LogP contribution in [0.1, 0.15) is 27.2 Å². The SMILES string of the molecule is Cc1c(C=NN2CCN(C)CC2)c2ccccn2c1C(=O)c1ccc(F)cc1. The van der Waals surface area contributed by atoms with E-state index in [0.717, 1.165) is 42.8 Å². The van der Waals surface area contributed by atoms with Crippen molar-refractivity contribution in [3.05, 3.63) is 76.9 Å². The topological polar surface area (TPSA) is 40.3 Å². The van der Waals surface area contributed by atoms with Crippen molar-refractivity contribution in [1.29, 1.82) is 0 Å². The lowest BCUT2D eigenvalue weighted by Gasteiger charge is -2.30. The van der Waals surface area contributed by atoms with E-state index in [2.05, 4.69) is 22.1 Å². The molecule has 0 spiro atoms. The number of carbonyl (C=O) groups is 1. The lowest BCUT2D eigenvalue weighted by molar-refractivity contribution is 0.103. The van der Waals surface area contributed by atoms with Gasteiger partial charge in [0.15, 0.2) is 0 Å². The number of hydrogen-bond acceptors (Lipinski definition) is 4. The second-order valence-electron chi connectivity index (χ2n) is 7.18. The summed E-state index contributed by atoms with van der Waals surface area (Å²) in [5.74, 6) is -0.480. The number of nitrogens with zero attached hydrogens (tertiary/aromatic N) is 4. The van der Waals surface area contributed by atoms with Crippen molar-refractivity contribution >= 4 is 17.5 Å². The fraction of sp³-hybridized carbons (Fsp3) is 0.273. The molecule has 0 aliphatic carbocycles. The summed E-state index contributed by atoms with van der Waals surface area (Å²) in [5, 5.41) is 6.73. The Labute approximate surface area is 163 Å². The van der Waals surface area contributed by atoms with Crippen LogP contribution in [0, 0.1) is 12.7 Å². The molecule has 6 heteroatoms. The van der Waals surface area contributed by atoms with Gasteiger partial charge in [0.25, 0.3) is 0 Å². The summed E-state index contributed by atoms with van der Waals surface area (Å²) in [4.78, 5) is 15.4. The van der Waals surface area contributed by atoms with Crippen molar-refractivity contribution < 1.29 is 9.18 Å². The van der Waals surface area contributed by atoms with Gasteiger partial charge in [0.2, 0.25) is 5.78 Å². The molecule has 144 valence electrons. The maximum atomic E-state index is 13.2. The summed E-state index contributed by atoms with van der Waals surface area (Å²) in [7, 11) is 2.11. The molecule has 1 aliphatic rings. The van der Waals surface area contributed by atoms with Gasteiger partial charge >= 0.3 is 0 Å². The second kappa shape index (κ2) is 7.56. The molecule has 0 amide bonds. The number of hydrogen-bond donors (Lipinski definition) is 0. The molecule has 4 rings (SSSR count). The van der Waals surface area contributed by atoms with Crippen LogP contribution in [0.2, 0.25) is 0 Å². The number of rotatable bonds is 4. The number of hydrazone groups is 1. The Balaban J connectivity index is 1.73. The van der Waals surface area contributed by atoms with Gasteiger partial charge in [0.1, 0.15) is 5.82 Å². The summed E-state index contributed by atoms with van der Waals surface area (Å²) in [6.45, 7) is 5.69. The van der Waals surface area contributed by atoms with Crippen LogP contribution in [-0.4, -0.2) is 59.5 Å². The first-order chi connectivity index (χ1) is 13.5. The van der Waals surface area contributed by atoms with Crippen LogP contribution in [0.25, 0.3) is 5.52 Å². The highest BCUT2D eigenvalue weighted by molar-refractivity contribution is 6.11. The molecule has 1 saturated heterocycles. The fourth-order valence-electron chi connectivity index (χ4n) is 3.59. The van der Waals surface area contributed by atoms with E-state index in [0.29, 0.717) is 11.3 Å². The normalized spacial score (nSPS) is 15.6. The molecule has 0 N–H and O–H groups in total. The van der Waals surface area contributed by atoms with Gasteiger partial charge in [-0.25, -0.2) is 4.39 Å². The zero-order chi connectivity index (χ0) is 19.7. The highest BCUT2D eigenvalue weighted by atomic mass is 19.1. The van der Waals surface area contributed by atoms with Crippen molar-refractivity contribution in [3.8, 4) is 0 Å². The number of carbonyl (C=O) groups excluding carboxylic acids is 1. The van der Waals surface area contributed by atoms with Gasteiger partial charge in [-0.2, -0.15) is 5.10 Å². The van der Waals surface area contributed by atoms with Crippen LogP contribution < -0.4 is 0 Å². The van der Waals surface area contributed by atoms with Gasteiger partial charge in [-0.1, -0.05) is 6.07 Å². The predicted octanol–water partition coefficient (Wildman–Crippen LogP) is 3.20. The smallest absolute Gasteiger partial charge is 0.210 e. The molecule has 1 aromatic carbocycles. The monoisotopic (exact) mass is 378 g/mol. The molecule has 0 saturated carbocycles. The Kier molecular flexibility index (Phi) is 4.96. The molecule has 5 nitrogen and oxygen atoms in total. The fourth-order valence-corrected chi connectivity index (χ4v) is 3.59. The number of piperazine rings is 1. The minimum Gasteiger partial charge on any atom is -0.313 e. The quantitative estimate of drug-likeness (QED) is 0.517. The molecule has 1 aliphatic heterocycles. The summed E-state index contributed by atoms with van der Waals surface area (Å²) in [6, 6.07) is 11.5. The van der Waals surface area contributed by atoms with Crippen molar-refractivity contribution in [3.63, 3.8) is 0 Å². The molecule has 2 aromatic heterocycles. The predicted molar refractivity (Wildman–Crippen MR) is 109 cm³/mol. The van der Waals surface area contributed by atoms with Gasteiger partial charge in [-0.3, -0.25) is 9.80 Å². The first kappa shape index (κ1) is 18.4. The van der Waals surface area contributed by atoms with Crippen molar-refractivity contribution in [2.24, 2.45) is 5.10 Å². The van der Waals surface area contributed by atoms with E-state index in [-0.39, 0.29) is 11.6 Å². The lowest BCUT2D eigenvalue weighted by atomic mass is 10.0. The zero-order valence-corrected chi connectivity index (χ0v) is 16.1. The number of halogens is 1. The Morgan fingerprint density at radius 2 is 1.79 bits per heavy atom. The lowest BCUT2D eigenvalue weighted by Crippen LogP contribution is -2.41. The zero-order valence-electron chi connectivity index (χ0n) is 16.1. The Bertz CT molecular complexity index is 1030. The van der Waals surface area contributed by atoms with Crippen molar-refractivity contribution in [2.75, 3.05) is 33.2 Å². The van der Waals surface area contributed by atoms with Crippen LogP contribution in [0.5, 0.6) is 0 Å². The third-order valence-corrected chi connectivity index (χ3v) is 5.29. The summed E-state index contributed by atoms with van der Waals surface area (Å²) in [6.07, 6.45) is 3.74. The van der Waals surface area contributed by atoms with Crippen molar-refractivity contribution in [2.45, 2.75) is 6.92 Å². The van der Waals surface area contributed by atoms with Crippen LogP contribution >= 0.6 is 0 Å². The maximum absolute atomic E-state index is 13.2. The third kappa shape index (κ3) is 3.43. The average Bonchev–Trinajstić information content (AvgIpc) is 2.99. The first-order valence-electron chi connectivity index (χ1n) is 9.42. The molecule has 0 atom stereocenters. The molecule has 0 unspecified atom stereocenters. The van der Waals surface area contributed by atoms with Crippen molar-refractivity contribution in [1.82, 2.24) is 14.3 Å². The van der Waals surface area contributed by atoms with Gasteiger partial charge in [0, 0.05) is 43.5 Å². The van der Waals surface area contributed by atoms with E-state index in [9.17, 15) is 9.18 Å². The highest BCUT2D eigenvalue weighted by Crippen LogP contribution is 2.24. The molecule has 3 aromatic rings. The van der Waals surface area contributed by atoms with E-state index in [1.807, 2.05) is 41.9 Å². The van der Waals surface area contributed by atoms with E-state index in [1.54, 1.807) is 0 Å². The van der Waals surface area contributed by atoms with Gasteiger partial charge in [0.05, 0.1) is 17.4 Å². The average molecular weight is 378 g/mol. The Hall–Kier alpha value is -2.99. The van der Waals surface area contributed by atoms with Crippen LogP contribution in [0.15, 0.2) is 53.8 Å². The maximum Gasteiger partial charge on any atom is 0.210 e. The number of ketones is 1. The standard InChI is InChI=1S/C22H23FN4O/c1-16-19(15-24-26-13-11-25(2)12-14-26)20-5-3-4-10-27(20)21(16)22(28)17-6-8-18(23)9-7-17/h3-10,15H,11-14H2,1-2H3. The Morgan fingerprint density at radius 3 is 2.50 bits per heavy atom.